The second kappa shape index (κ2) is 9.31. The van der Waals surface area contributed by atoms with Crippen molar-refractivity contribution in [2.75, 3.05) is 39.3 Å². The summed E-state index contributed by atoms with van der Waals surface area (Å²) in [6, 6.07) is 0. The van der Waals surface area contributed by atoms with E-state index in [2.05, 4.69) is 34.5 Å². The fraction of sp³-hybridized carbons (Fsp3) is 0.846. The lowest BCUT2D eigenvalue weighted by Gasteiger charge is -2.05. The SMILES string of the molecule is CC1=NCCCNCCNCCCN=C(C)C1. The van der Waals surface area contributed by atoms with E-state index < -0.39 is 0 Å². The van der Waals surface area contributed by atoms with E-state index in [0.29, 0.717) is 0 Å². The number of hydrogen-bond acceptors (Lipinski definition) is 4. The van der Waals surface area contributed by atoms with Crippen molar-refractivity contribution in [2.24, 2.45) is 9.98 Å². The first-order valence-corrected chi connectivity index (χ1v) is 6.70. The van der Waals surface area contributed by atoms with Crippen LogP contribution in [0, 0.1) is 0 Å². The normalized spacial score (nSPS) is 22.0. The first kappa shape index (κ1) is 14.3. The molecule has 0 aromatic rings. The summed E-state index contributed by atoms with van der Waals surface area (Å²) in [5.74, 6) is 0. The van der Waals surface area contributed by atoms with E-state index in [1.165, 1.54) is 11.4 Å². The number of hydrogen-bond donors (Lipinski definition) is 2. The number of aliphatic imine (C=N–C) groups is 2. The fourth-order valence-corrected chi connectivity index (χ4v) is 1.86. The Hall–Kier alpha value is -0.740. The summed E-state index contributed by atoms with van der Waals surface area (Å²) in [4.78, 5) is 9.13. The topological polar surface area (TPSA) is 48.8 Å². The van der Waals surface area contributed by atoms with Gasteiger partial charge in [-0.15, -0.1) is 0 Å². The highest BCUT2D eigenvalue weighted by atomic mass is 14.9. The molecule has 0 atom stereocenters. The van der Waals surface area contributed by atoms with E-state index in [9.17, 15) is 0 Å². The third-order valence-electron chi connectivity index (χ3n) is 2.78. The van der Waals surface area contributed by atoms with Gasteiger partial charge in [0, 0.05) is 44.0 Å². The Morgan fingerprint density at radius 1 is 0.765 bits per heavy atom. The molecule has 0 saturated carbocycles. The molecule has 0 aliphatic carbocycles. The molecule has 0 unspecified atom stereocenters. The summed E-state index contributed by atoms with van der Waals surface area (Å²) in [5.41, 5.74) is 2.42. The van der Waals surface area contributed by atoms with Crippen LogP contribution in [0.4, 0.5) is 0 Å². The number of rotatable bonds is 0. The third-order valence-corrected chi connectivity index (χ3v) is 2.78. The summed E-state index contributed by atoms with van der Waals surface area (Å²) >= 11 is 0. The second-order valence-electron chi connectivity index (χ2n) is 4.62. The Bertz CT molecular complexity index is 232. The predicted molar refractivity (Wildman–Crippen MR) is 75.5 cm³/mol. The van der Waals surface area contributed by atoms with Gasteiger partial charge in [0.25, 0.3) is 0 Å². The molecule has 4 nitrogen and oxygen atoms in total. The molecular formula is C13H26N4. The highest BCUT2D eigenvalue weighted by Gasteiger charge is 1.97. The zero-order chi connectivity index (χ0) is 12.3. The molecule has 1 aliphatic rings. The molecular weight excluding hydrogens is 212 g/mol. The van der Waals surface area contributed by atoms with Crippen molar-refractivity contribution >= 4 is 11.4 Å². The molecule has 1 aliphatic heterocycles. The third kappa shape index (κ3) is 8.05. The maximum Gasteiger partial charge on any atom is 0.0400 e. The Kier molecular flexibility index (Phi) is 7.84. The zero-order valence-electron chi connectivity index (χ0n) is 11.3. The van der Waals surface area contributed by atoms with E-state index in [1.54, 1.807) is 0 Å². The summed E-state index contributed by atoms with van der Waals surface area (Å²) in [7, 11) is 0. The van der Waals surface area contributed by atoms with Gasteiger partial charge in [0.1, 0.15) is 0 Å². The molecule has 0 bridgehead atoms. The molecule has 0 aromatic carbocycles. The first-order valence-electron chi connectivity index (χ1n) is 6.70. The van der Waals surface area contributed by atoms with Gasteiger partial charge >= 0.3 is 0 Å². The van der Waals surface area contributed by atoms with Crippen molar-refractivity contribution in [2.45, 2.75) is 33.1 Å². The van der Waals surface area contributed by atoms with Crippen LogP contribution in [0.25, 0.3) is 0 Å². The Morgan fingerprint density at radius 2 is 1.24 bits per heavy atom. The van der Waals surface area contributed by atoms with Gasteiger partial charge in [-0.3, -0.25) is 9.98 Å². The molecule has 0 radical (unpaired) electrons. The molecule has 2 N–H and O–H groups in total. The molecule has 1 rings (SSSR count). The van der Waals surface area contributed by atoms with Gasteiger partial charge in [0.2, 0.25) is 0 Å². The van der Waals surface area contributed by atoms with Gasteiger partial charge in [0.15, 0.2) is 0 Å². The zero-order valence-corrected chi connectivity index (χ0v) is 11.3. The average molecular weight is 238 g/mol. The second-order valence-corrected chi connectivity index (χ2v) is 4.62. The van der Waals surface area contributed by atoms with E-state index >= 15 is 0 Å². The van der Waals surface area contributed by atoms with Crippen LogP contribution in [-0.2, 0) is 0 Å². The van der Waals surface area contributed by atoms with Crippen LogP contribution in [0.1, 0.15) is 33.1 Å². The van der Waals surface area contributed by atoms with Gasteiger partial charge in [-0.1, -0.05) is 0 Å². The maximum atomic E-state index is 4.57. The number of nitrogens with zero attached hydrogens (tertiary/aromatic N) is 2. The quantitative estimate of drug-likeness (QED) is 0.668. The van der Waals surface area contributed by atoms with Crippen LogP contribution >= 0.6 is 0 Å². The van der Waals surface area contributed by atoms with Crippen LogP contribution in [0.15, 0.2) is 9.98 Å². The van der Waals surface area contributed by atoms with Crippen molar-refractivity contribution in [3.8, 4) is 0 Å². The summed E-state index contributed by atoms with van der Waals surface area (Å²) in [6.07, 6.45) is 3.17. The maximum absolute atomic E-state index is 4.57. The first-order chi connectivity index (χ1) is 8.29. The predicted octanol–water partition coefficient (Wildman–Crippen LogP) is 1.27. The van der Waals surface area contributed by atoms with Crippen molar-refractivity contribution in [3.63, 3.8) is 0 Å². The van der Waals surface area contributed by atoms with Crippen LogP contribution in [0.3, 0.4) is 0 Å². The lowest BCUT2D eigenvalue weighted by Crippen LogP contribution is -2.29. The molecule has 0 saturated heterocycles. The van der Waals surface area contributed by atoms with E-state index in [0.717, 1.165) is 58.5 Å². The fourth-order valence-electron chi connectivity index (χ4n) is 1.86. The van der Waals surface area contributed by atoms with Gasteiger partial charge in [-0.25, -0.2) is 0 Å². The van der Waals surface area contributed by atoms with Gasteiger partial charge in [-0.2, -0.15) is 0 Å². The molecule has 98 valence electrons. The summed E-state index contributed by atoms with van der Waals surface area (Å²) < 4.78 is 0. The minimum Gasteiger partial charge on any atom is -0.315 e. The average Bonchev–Trinajstić information content (AvgIpc) is 2.30. The lowest BCUT2D eigenvalue weighted by molar-refractivity contribution is 0.591. The minimum absolute atomic E-state index is 0.930. The largest absolute Gasteiger partial charge is 0.315 e. The summed E-state index contributed by atoms with van der Waals surface area (Å²) in [5, 5.41) is 6.84. The lowest BCUT2D eigenvalue weighted by atomic mass is 10.2. The summed E-state index contributed by atoms with van der Waals surface area (Å²) in [6.45, 7) is 10.3. The molecule has 1 heterocycles. The van der Waals surface area contributed by atoms with Crippen molar-refractivity contribution < 1.29 is 0 Å². The van der Waals surface area contributed by atoms with Crippen molar-refractivity contribution in [3.05, 3.63) is 0 Å². The highest BCUT2D eigenvalue weighted by Crippen LogP contribution is 1.94. The van der Waals surface area contributed by atoms with Gasteiger partial charge < -0.3 is 10.6 Å². The number of nitrogens with one attached hydrogen (secondary N) is 2. The van der Waals surface area contributed by atoms with Crippen LogP contribution < -0.4 is 10.6 Å². The van der Waals surface area contributed by atoms with Gasteiger partial charge in [-0.05, 0) is 39.8 Å². The smallest absolute Gasteiger partial charge is 0.0400 e. The molecule has 17 heavy (non-hydrogen) atoms. The Labute approximate surface area is 105 Å². The van der Waals surface area contributed by atoms with E-state index in [-0.39, 0.29) is 0 Å². The molecule has 0 amide bonds. The van der Waals surface area contributed by atoms with Crippen LogP contribution in [0.5, 0.6) is 0 Å². The van der Waals surface area contributed by atoms with Crippen molar-refractivity contribution in [1.82, 2.24) is 10.6 Å². The van der Waals surface area contributed by atoms with Crippen LogP contribution in [0.2, 0.25) is 0 Å². The Balaban J connectivity index is 2.39. The molecule has 4 heteroatoms. The van der Waals surface area contributed by atoms with Crippen molar-refractivity contribution in [1.29, 1.82) is 0 Å². The van der Waals surface area contributed by atoms with E-state index in [4.69, 9.17) is 0 Å². The molecule has 0 fully saturated rings. The van der Waals surface area contributed by atoms with Crippen LogP contribution in [-0.4, -0.2) is 50.7 Å². The molecule has 0 spiro atoms. The van der Waals surface area contributed by atoms with Gasteiger partial charge in [0.05, 0.1) is 0 Å². The monoisotopic (exact) mass is 238 g/mol. The standard InChI is InChI=1S/C13H26N4/c1-12-11-13(2)17-8-4-6-15-10-9-14-5-3-7-16-12/h14-15H,3-11H2,1-2H3. The van der Waals surface area contributed by atoms with E-state index in [1.807, 2.05) is 0 Å². The minimum atomic E-state index is 0.930. The molecule has 0 aromatic heterocycles. The Morgan fingerprint density at radius 3 is 1.71 bits per heavy atom. The highest BCUT2D eigenvalue weighted by molar-refractivity contribution is 6.02.